The summed E-state index contributed by atoms with van der Waals surface area (Å²) < 4.78 is 5.06. The summed E-state index contributed by atoms with van der Waals surface area (Å²) in [6.45, 7) is 2.10. The van der Waals surface area contributed by atoms with Gasteiger partial charge < -0.3 is 9.64 Å². The molecule has 0 bridgehead atoms. The summed E-state index contributed by atoms with van der Waals surface area (Å²) >= 11 is 0. The molecule has 2 rings (SSSR count). The average molecular weight is 247 g/mol. The van der Waals surface area contributed by atoms with Crippen molar-refractivity contribution in [3.63, 3.8) is 0 Å². The Balaban J connectivity index is 2.28. The van der Waals surface area contributed by atoms with Crippen molar-refractivity contribution in [2.75, 3.05) is 13.7 Å². The minimum Gasteiger partial charge on any atom is -0.464 e. The molecule has 0 aromatic heterocycles. The van der Waals surface area contributed by atoms with Gasteiger partial charge in [0.2, 0.25) is 5.91 Å². The quantitative estimate of drug-likeness (QED) is 0.762. The van der Waals surface area contributed by atoms with Crippen LogP contribution in [-0.2, 0) is 14.3 Å². The van der Waals surface area contributed by atoms with Gasteiger partial charge >= 0.3 is 5.97 Å². The van der Waals surface area contributed by atoms with Gasteiger partial charge in [-0.1, -0.05) is 30.3 Å². The summed E-state index contributed by atoms with van der Waals surface area (Å²) in [5.74, 6) is -0.440. The summed E-state index contributed by atoms with van der Waals surface area (Å²) in [5.41, 5.74) is 1.01. The van der Waals surface area contributed by atoms with Crippen molar-refractivity contribution >= 4 is 11.9 Å². The van der Waals surface area contributed by atoms with Crippen molar-refractivity contribution in [1.82, 2.24) is 4.90 Å². The highest BCUT2D eigenvalue weighted by Gasteiger charge is 2.43. The fourth-order valence-electron chi connectivity index (χ4n) is 2.42. The van der Waals surface area contributed by atoms with Gasteiger partial charge in [0.05, 0.1) is 6.61 Å². The number of amides is 1. The molecule has 1 saturated heterocycles. The lowest BCUT2D eigenvalue weighted by atomic mass is 9.92. The van der Waals surface area contributed by atoms with Crippen molar-refractivity contribution in [2.45, 2.75) is 25.3 Å². The van der Waals surface area contributed by atoms with E-state index in [4.69, 9.17) is 4.74 Å². The molecule has 96 valence electrons. The van der Waals surface area contributed by atoms with E-state index >= 15 is 0 Å². The van der Waals surface area contributed by atoms with Crippen molar-refractivity contribution in [1.29, 1.82) is 0 Å². The zero-order valence-electron chi connectivity index (χ0n) is 10.6. The van der Waals surface area contributed by atoms with E-state index < -0.39 is 6.04 Å². The second-order valence-corrected chi connectivity index (χ2v) is 4.42. The van der Waals surface area contributed by atoms with E-state index in [0.29, 0.717) is 13.0 Å². The fraction of sp³-hybridized carbons (Fsp3) is 0.429. The zero-order chi connectivity index (χ0) is 13.1. The molecule has 2 atom stereocenters. The largest absolute Gasteiger partial charge is 0.464 e. The third kappa shape index (κ3) is 2.23. The smallest absolute Gasteiger partial charge is 0.329 e. The SMILES string of the molecule is CCOC(=O)[C@@H]1C(c2ccccc2)CC(=O)N1C. The van der Waals surface area contributed by atoms with Gasteiger partial charge in [0, 0.05) is 19.4 Å². The Bertz CT molecular complexity index is 444. The molecule has 1 amide bonds. The van der Waals surface area contributed by atoms with Gasteiger partial charge in [0.1, 0.15) is 6.04 Å². The lowest BCUT2D eigenvalue weighted by Crippen LogP contribution is -2.39. The highest BCUT2D eigenvalue weighted by molar-refractivity contribution is 5.90. The molecule has 0 aliphatic carbocycles. The predicted molar refractivity (Wildman–Crippen MR) is 67.0 cm³/mol. The monoisotopic (exact) mass is 247 g/mol. The van der Waals surface area contributed by atoms with Crippen LogP contribution in [-0.4, -0.2) is 36.5 Å². The number of rotatable bonds is 3. The molecule has 1 aromatic carbocycles. The second kappa shape index (κ2) is 5.21. The molecule has 1 aliphatic heterocycles. The van der Waals surface area contributed by atoms with Crippen LogP contribution in [0.1, 0.15) is 24.8 Å². The van der Waals surface area contributed by atoms with Crippen LogP contribution in [0.5, 0.6) is 0 Å². The Morgan fingerprint density at radius 2 is 2.06 bits per heavy atom. The second-order valence-electron chi connectivity index (χ2n) is 4.42. The number of carbonyl (C=O) groups excluding carboxylic acids is 2. The van der Waals surface area contributed by atoms with Crippen LogP contribution < -0.4 is 0 Å². The number of hydrogen-bond acceptors (Lipinski definition) is 3. The number of hydrogen-bond donors (Lipinski definition) is 0. The van der Waals surface area contributed by atoms with E-state index in [2.05, 4.69) is 0 Å². The van der Waals surface area contributed by atoms with Gasteiger partial charge in [0.15, 0.2) is 0 Å². The first-order chi connectivity index (χ1) is 8.65. The van der Waals surface area contributed by atoms with Crippen LogP contribution in [0.4, 0.5) is 0 Å². The van der Waals surface area contributed by atoms with Gasteiger partial charge in [-0.05, 0) is 12.5 Å². The van der Waals surface area contributed by atoms with E-state index in [-0.39, 0.29) is 17.8 Å². The number of esters is 1. The molecule has 1 aromatic rings. The third-order valence-electron chi connectivity index (χ3n) is 3.34. The molecule has 1 aliphatic rings. The van der Waals surface area contributed by atoms with Crippen LogP contribution in [0.15, 0.2) is 30.3 Å². The molecule has 1 heterocycles. The Labute approximate surface area is 107 Å². The molecule has 1 unspecified atom stereocenters. The Kier molecular flexibility index (Phi) is 3.65. The minimum absolute atomic E-state index is 0.0121. The lowest BCUT2D eigenvalue weighted by molar-refractivity contribution is -0.150. The summed E-state index contributed by atoms with van der Waals surface area (Å²) in [6.07, 6.45) is 0.365. The van der Waals surface area contributed by atoms with Gasteiger partial charge in [-0.25, -0.2) is 4.79 Å². The summed E-state index contributed by atoms with van der Waals surface area (Å²) in [4.78, 5) is 25.3. The first-order valence-electron chi connectivity index (χ1n) is 6.12. The summed E-state index contributed by atoms with van der Waals surface area (Å²) in [5, 5.41) is 0. The molecular weight excluding hydrogens is 230 g/mol. The summed E-state index contributed by atoms with van der Waals surface area (Å²) in [6, 6.07) is 9.15. The fourth-order valence-corrected chi connectivity index (χ4v) is 2.42. The Morgan fingerprint density at radius 1 is 1.39 bits per heavy atom. The first-order valence-corrected chi connectivity index (χ1v) is 6.12. The minimum atomic E-state index is -0.500. The van der Waals surface area contributed by atoms with E-state index in [1.165, 1.54) is 4.90 Å². The van der Waals surface area contributed by atoms with Crippen LogP contribution >= 0.6 is 0 Å². The standard InChI is InChI=1S/C14H17NO3/c1-3-18-14(17)13-11(9-12(16)15(13)2)10-7-5-4-6-8-10/h4-8,11,13H,3,9H2,1-2H3/t11?,13-/m0/s1. The van der Waals surface area contributed by atoms with Crippen molar-refractivity contribution in [2.24, 2.45) is 0 Å². The average Bonchev–Trinajstić information content (AvgIpc) is 2.67. The molecular formula is C14H17NO3. The maximum Gasteiger partial charge on any atom is 0.329 e. The maximum atomic E-state index is 12.0. The highest BCUT2D eigenvalue weighted by Crippen LogP contribution is 2.33. The van der Waals surface area contributed by atoms with Gasteiger partial charge in [0.25, 0.3) is 0 Å². The van der Waals surface area contributed by atoms with Crippen LogP contribution in [0.3, 0.4) is 0 Å². The molecule has 4 heteroatoms. The summed E-state index contributed by atoms with van der Waals surface area (Å²) in [7, 11) is 1.66. The van der Waals surface area contributed by atoms with Crippen LogP contribution in [0, 0.1) is 0 Å². The lowest BCUT2D eigenvalue weighted by Gasteiger charge is -2.23. The van der Waals surface area contributed by atoms with Gasteiger partial charge in [-0.3, -0.25) is 4.79 Å². The molecule has 0 radical (unpaired) electrons. The number of carbonyl (C=O) groups is 2. The van der Waals surface area contributed by atoms with Crippen molar-refractivity contribution < 1.29 is 14.3 Å². The third-order valence-corrected chi connectivity index (χ3v) is 3.34. The predicted octanol–water partition coefficient (Wildman–Crippen LogP) is 1.56. The zero-order valence-corrected chi connectivity index (χ0v) is 10.6. The highest BCUT2D eigenvalue weighted by atomic mass is 16.5. The van der Waals surface area contributed by atoms with E-state index in [1.807, 2.05) is 30.3 Å². The molecule has 18 heavy (non-hydrogen) atoms. The number of likely N-dealkylation sites (N-methyl/N-ethyl adjacent to an activating group) is 1. The van der Waals surface area contributed by atoms with E-state index in [9.17, 15) is 9.59 Å². The molecule has 4 nitrogen and oxygen atoms in total. The van der Waals surface area contributed by atoms with Crippen LogP contribution in [0.25, 0.3) is 0 Å². The van der Waals surface area contributed by atoms with Gasteiger partial charge in [-0.2, -0.15) is 0 Å². The molecule has 0 saturated carbocycles. The molecule has 1 fully saturated rings. The van der Waals surface area contributed by atoms with Gasteiger partial charge in [-0.15, -0.1) is 0 Å². The maximum absolute atomic E-state index is 12.0. The van der Waals surface area contributed by atoms with Crippen molar-refractivity contribution in [3.05, 3.63) is 35.9 Å². The molecule has 0 N–H and O–H groups in total. The van der Waals surface area contributed by atoms with E-state index in [1.54, 1.807) is 14.0 Å². The number of nitrogens with zero attached hydrogens (tertiary/aromatic N) is 1. The number of benzene rings is 1. The molecule has 0 spiro atoms. The van der Waals surface area contributed by atoms with Crippen LogP contribution in [0.2, 0.25) is 0 Å². The van der Waals surface area contributed by atoms with E-state index in [0.717, 1.165) is 5.56 Å². The number of likely N-dealkylation sites (tertiary alicyclic amines) is 1. The Morgan fingerprint density at radius 3 is 2.67 bits per heavy atom. The normalized spacial score (nSPS) is 23.2. The Hall–Kier alpha value is -1.84. The first kappa shape index (κ1) is 12.6. The topological polar surface area (TPSA) is 46.6 Å². The van der Waals surface area contributed by atoms with Crippen molar-refractivity contribution in [3.8, 4) is 0 Å². The number of ether oxygens (including phenoxy) is 1.